The molecule has 2 amide bonds. The van der Waals surface area contributed by atoms with Gasteiger partial charge in [-0.15, -0.1) is 16.4 Å². The van der Waals surface area contributed by atoms with Gasteiger partial charge in [0.2, 0.25) is 10.9 Å². The number of carbonyl (C=O) groups excluding carboxylic acids is 2. The van der Waals surface area contributed by atoms with Gasteiger partial charge in [0, 0.05) is 34.5 Å². The highest BCUT2D eigenvalue weighted by molar-refractivity contribution is 7.15. The van der Waals surface area contributed by atoms with Crippen molar-refractivity contribution < 1.29 is 14.0 Å². The van der Waals surface area contributed by atoms with E-state index in [0.29, 0.717) is 10.5 Å². The molecule has 2 N–H and O–H groups in total. The molecule has 2 aromatic carbocycles. The van der Waals surface area contributed by atoms with Crippen LogP contribution in [-0.2, 0) is 4.79 Å². The second-order valence-corrected chi connectivity index (χ2v) is 7.85. The van der Waals surface area contributed by atoms with E-state index in [1.807, 2.05) is 60.8 Å². The molecule has 8 nitrogen and oxygen atoms in total. The average molecular weight is 431 g/mol. The Kier molecular flexibility index (Phi) is 4.52. The number of carbonyl (C=O) groups is 2. The molecular formula is C22H17N5O3S. The van der Waals surface area contributed by atoms with Crippen LogP contribution in [0.3, 0.4) is 0 Å². The minimum Gasteiger partial charge on any atom is -0.451 e. The van der Waals surface area contributed by atoms with E-state index in [-0.39, 0.29) is 17.6 Å². The molecule has 0 saturated heterocycles. The molecule has 0 fully saturated rings. The molecule has 0 spiro atoms. The van der Waals surface area contributed by atoms with E-state index in [4.69, 9.17) is 4.42 Å². The fourth-order valence-corrected chi connectivity index (χ4v) is 4.24. The Morgan fingerprint density at radius 3 is 2.58 bits per heavy atom. The maximum absolute atomic E-state index is 12.8. The van der Waals surface area contributed by atoms with E-state index in [1.165, 1.54) is 18.3 Å². The largest absolute Gasteiger partial charge is 0.451 e. The summed E-state index contributed by atoms with van der Waals surface area (Å²) in [6, 6.07) is 14.9. The van der Waals surface area contributed by atoms with Gasteiger partial charge in [0.05, 0.1) is 5.69 Å². The molecule has 0 saturated carbocycles. The lowest BCUT2D eigenvalue weighted by atomic mass is 10.1. The summed E-state index contributed by atoms with van der Waals surface area (Å²) in [7, 11) is 0. The Morgan fingerprint density at radius 1 is 1.06 bits per heavy atom. The van der Waals surface area contributed by atoms with Crippen LogP contribution in [0.5, 0.6) is 0 Å². The molecule has 0 unspecified atom stereocenters. The van der Waals surface area contributed by atoms with Gasteiger partial charge in [-0.2, -0.15) is 4.98 Å². The molecule has 0 bridgehead atoms. The number of hydrogen-bond acceptors (Lipinski definition) is 6. The molecule has 5 aromatic rings. The van der Waals surface area contributed by atoms with Crippen LogP contribution < -0.4 is 10.6 Å². The van der Waals surface area contributed by atoms with Crippen molar-refractivity contribution >= 4 is 50.7 Å². The lowest BCUT2D eigenvalue weighted by Crippen LogP contribution is -2.13. The number of fused-ring (bicyclic) bond motifs is 2. The van der Waals surface area contributed by atoms with E-state index in [0.717, 1.165) is 27.9 Å². The lowest BCUT2D eigenvalue weighted by Gasteiger charge is -2.03. The van der Waals surface area contributed by atoms with Gasteiger partial charge in [-0.05, 0) is 25.1 Å². The first-order valence-electron chi connectivity index (χ1n) is 9.51. The van der Waals surface area contributed by atoms with Crippen molar-refractivity contribution in [2.75, 3.05) is 10.6 Å². The molecule has 0 aliphatic heterocycles. The molecule has 3 aromatic heterocycles. The van der Waals surface area contributed by atoms with Crippen LogP contribution in [0.1, 0.15) is 23.0 Å². The maximum atomic E-state index is 12.8. The molecular weight excluding hydrogens is 414 g/mol. The molecule has 9 heteroatoms. The number of furan rings is 1. The summed E-state index contributed by atoms with van der Waals surface area (Å²) in [6.07, 6.45) is 0. The maximum Gasteiger partial charge on any atom is 0.294 e. The Labute approximate surface area is 180 Å². The predicted octanol–water partition coefficient (Wildman–Crippen LogP) is 4.72. The minimum atomic E-state index is -0.395. The number of nitrogens with zero attached hydrogens (tertiary/aromatic N) is 3. The number of anilines is 2. The second kappa shape index (κ2) is 7.37. The number of benzene rings is 2. The predicted molar refractivity (Wildman–Crippen MR) is 120 cm³/mol. The van der Waals surface area contributed by atoms with Crippen LogP contribution in [-0.4, -0.2) is 26.4 Å². The monoisotopic (exact) mass is 431 g/mol. The van der Waals surface area contributed by atoms with Crippen LogP contribution in [0.25, 0.3) is 27.2 Å². The normalized spacial score (nSPS) is 11.2. The third-order valence-electron chi connectivity index (χ3n) is 4.86. The highest BCUT2D eigenvalue weighted by atomic mass is 32.1. The van der Waals surface area contributed by atoms with Gasteiger partial charge in [-0.3, -0.25) is 14.9 Å². The summed E-state index contributed by atoms with van der Waals surface area (Å²) in [6.45, 7) is 3.32. The number of aromatic nitrogens is 3. The van der Waals surface area contributed by atoms with Crippen molar-refractivity contribution in [3.8, 4) is 11.3 Å². The third kappa shape index (κ3) is 3.44. The number of para-hydroxylation sites is 1. The standard InChI is InChI=1S/C22H17N5O3S/c1-12-16-5-3-4-6-18(16)30-19(12)20(29)24-21-25-22-27(26-21)17(11-31-22)14-7-9-15(10-8-14)23-13(2)28/h3-11H,1-2H3,(H,23,28)(H,24,26,29). The first-order chi connectivity index (χ1) is 15.0. The average Bonchev–Trinajstić information content (AvgIpc) is 3.41. The molecule has 0 atom stereocenters. The number of hydrogen-bond donors (Lipinski definition) is 2. The Morgan fingerprint density at radius 2 is 1.84 bits per heavy atom. The quantitative estimate of drug-likeness (QED) is 0.429. The van der Waals surface area contributed by atoms with Crippen molar-refractivity contribution in [3.05, 3.63) is 65.2 Å². The Hall–Kier alpha value is -3.98. The Balaban J connectivity index is 1.42. The van der Waals surface area contributed by atoms with Gasteiger partial charge in [0.25, 0.3) is 11.9 Å². The number of nitrogens with one attached hydrogen (secondary N) is 2. The molecule has 0 radical (unpaired) electrons. The number of thiazole rings is 1. The topological polar surface area (TPSA) is 102 Å². The van der Waals surface area contributed by atoms with Gasteiger partial charge < -0.3 is 9.73 Å². The Bertz CT molecular complexity index is 1450. The number of rotatable bonds is 4. The molecule has 5 rings (SSSR count). The summed E-state index contributed by atoms with van der Waals surface area (Å²) in [4.78, 5) is 29.0. The van der Waals surface area contributed by atoms with E-state index in [9.17, 15) is 9.59 Å². The highest BCUT2D eigenvalue weighted by Gasteiger charge is 2.20. The summed E-state index contributed by atoms with van der Waals surface area (Å²) in [5.41, 5.74) is 3.90. The molecule has 0 aliphatic rings. The summed E-state index contributed by atoms with van der Waals surface area (Å²) in [5, 5.41) is 12.8. The summed E-state index contributed by atoms with van der Waals surface area (Å²) >= 11 is 1.42. The minimum absolute atomic E-state index is 0.123. The second-order valence-electron chi connectivity index (χ2n) is 7.02. The van der Waals surface area contributed by atoms with Gasteiger partial charge in [0.1, 0.15) is 5.58 Å². The van der Waals surface area contributed by atoms with Crippen LogP contribution in [0.15, 0.2) is 58.3 Å². The van der Waals surface area contributed by atoms with Crippen molar-refractivity contribution in [1.29, 1.82) is 0 Å². The SMILES string of the molecule is CC(=O)Nc1ccc(-c2csc3nc(NC(=O)c4oc5ccccc5c4C)nn23)cc1. The zero-order valence-corrected chi connectivity index (χ0v) is 17.5. The van der Waals surface area contributed by atoms with Crippen LogP contribution in [0.4, 0.5) is 11.6 Å². The van der Waals surface area contributed by atoms with Crippen molar-refractivity contribution in [3.63, 3.8) is 0 Å². The fraction of sp³-hybridized carbons (Fsp3) is 0.0909. The third-order valence-corrected chi connectivity index (χ3v) is 5.67. The molecule has 0 aliphatic carbocycles. The van der Waals surface area contributed by atoms with Crippen LogP contribution in [0, 0.1) is 6.92 Å². The van der Waals surface area contributed by atoms with E-state index >= 15 is 0 Å². The van der Waals surface area contributed by atoms with E-state index in [1.54, 1.807) is 4.52 Å². The number of amides is 2. The number of aryl methyl sites for hydroxylation is 1. The fourth-order valence-electron chi connectivity index (χ4n) is 3.41. The van der Waals surface area contributed by atoms with Crippen molar-refractivity contribution in [2.45, 2.75) is 13.8 Å². The molecule has 31 heavy (non-hydrogen) atoms. The van der Waals surface area contributed by atoms with Crippen LogP contribution >= 0.6 is 11.3 Å². The van der Waals surface area contributed by atoms with Gasteiger partial charge in [0.15, 0.2) is 5.76 Å². The van der Waals surface area contributed by atoms with Crippen molar-refractivity contribution in [1.82, 2.24) is 14.6 Å². The first kappa shape index (κ1) is 19.0. The zero-order chi connectivity index (χ0) is 21.5. The van der Waals surface area contributed by atoms with Gasteiger partial charge in [-0.25, -0.2) is 4.52 Å². The summed E-state index contributed by atoms with van der Waals surface area (Å²) in [5.74, 6) is -0.0730. The summed E-state index contributed by atoms with van der Waals surface area (Å²) < 4.78 is 7.40. The lowest BCUT2D eigenvalue weighted by molar-refractivity contribution is -0.114. The van der Waals surface area contributed by atoms with E-state index in [2.05, 4.69) is 20.7 Å². The van der Waals surface area contributed by atoms with Crippen LogP contribution in [0.2, 0.25) is 0 Å². The van der Waals surface area contributed by atoms with E-state index < -0.39 is 5.91 Å². The molecule has 154 valence electrons. The smallest absolute Gasteiger partial charge is 0.294 e. The first-order valence-corrected chi connectivity index (χ1v) is 10.4. The molecule has 3 heterocycles. The van der Waals surface area contributed by atoms with Gasteiger partial charge in [-0.1, -0.05) is 30.3 Å². The van der Waals surface area contributed by atoms with Gasteiger partial charge >= 0.3 is 0 Å². The zero-order valence-electron chi connectivity index (χ0n) is 16.7. The highest BCUT2D eigenvalue weighted by Crippen LogP contribution is 2.28. The van der Waals surface area contributed by atoms with Crippen molar-refractivity contribution in [2.24, 2.45) is 0 Å².